The van der Waals surface area contributed by atoms with E-state index in [1.165, 1.54) is 18.4 Å². The molecule has 0 bridgehead atoms. The monoisotopic (exact) mass is 428 g/mol. The molecule has 1 unspecified atom stereocenters. The van der Waals surface area contributed by atoms with Crippen molar-refractivity contribution in [2.75, 3.05) is 25.0 Å². The van der Waals surface area contributed by atoms with E-state index in [2.05, 4.69) is 32.3 Å². The van der Waals surface area contributed by atoms with E-state index >= 15 is 0 Å². The molecule has 0 aliphatic carbocycles. The number of rotatable bonds is 8. The fraction of sp³-hybridized carbons (Fsp3) is 0.360. The smallest absolute Gasteiger partial charge is 0.140 e. The number of pyridine rings is 1. The van der Waals surface area contributed by atoms with E-state index in [4.69, 9.17) is 15.0 Å². The average molecular weight is 429 g/mol. The first-order valence-corrected chi connectivity index (χ1v) is 11.1. The molecule has 0 amide bonds. The van der Waals surface area contributed by atoms with Crippen LogP contribution < -0.4 is 5.32 Å². The molecule has 1 aliphatic rings. The predicted octanol–water partition coefficient (Wildman–Crippen LogP) is 4.54. The number of aromatic nitrogens is 3. The van der Waals surface area contributed by atoms with Crippen molar-refractivity contribution in [3.05, 3.63) is 77.5 Å². The van der Waals surface area contributed by atoms with Crippen molar-refractivity contribution in [1.29, 1.82) is 5.26 Å². The van der Waals surface area contributed by atoms with E-state index in [1.807, 2.05) is 43.3 Å². The van der Waals surface area contributed by atoms with Gasteiger partial charge in [-0.15, -0.1) is 0 Å². The minimum Gasteiger partial charge on any atom is -0.375 e. The molecule has 7 heteroatoms. The molecule has 3 aromatic rings. The molecular formula is C25H28N6O. The predicted molar refractivity (Wildman–Crippen MR) is 123 cm³/mol. The number of likely N-dealkylation sites (tertiary alicyclic amines) is 1. The van der Waals surface area contributed by atoms with Crippen LogP contribution in [-0.2, 0) is 11.3 Å². The second-order valence-electron chi connectivity index (χ2n) is 7.98. The first kappa shape index (κ1) is 21.9. The minimum atomic E-state index is 0.255. The highest BCUT2D eigenvalue weighted by molar-refractivity contribution is 5.55. The Kier molecular flexibility index (Phi) is 7.38. The Labute approximate surface area is 189 Å². The molecule has 164 valence electrons. The van der Waals surface area contributed by atoms with Crippen molar-refractivity contribution in [1.82, 2.24) is 19.9 Å². The summed E-state index contributed by atoms with van der Waals surface area (Å²) in [4.78, 5) is 15.9. The van der Waals surface area contributed by atoms with Crippen molar-refractivity contribution in [3.8, 4) is 6.07 Å². The summed E-state index contributed by atoms with van der Waals surface area (Å²) >= 11 is 0. The summed E-state index contributed by atoms with van der Waals surface area (Å²) in [5, 5.41) is 12.2. The molecule has 0 radical (unpaired) electrons. The molecule has 1 fully saturated rings. The van der Waals surface area contributed by atoms with E-state index in [0.717, 1.165) is 42.5 Å². The summed E-state index contributed by atoms with van der Waals surface area (Å²) in [6.45, 7) is 5.17. The van der Waals surface area contributed by atoms with Crippen LogP contribution in [0.1, 0.15) is 48.1 Å². The quantitative estimate of drug-likeness (QED) is 0.527. The second-order valence-corrected chi connectivity index (χ2v) is 7.98. The molecule has 3 heterocycles. The van der Waals surface area contributed by atoms with E-state index in [-0.39, 0.29) is 6.04 Å². The number of benzene rings is 1. The van der Waals surface area contributed by atoms with Gasteiger partial charge in [-0.2, -0.15) is 5.26 Å². The minimum absolute atomic E-state index is 0.255. The third-order valence-electron chi connectivity index (χ3n) is 5.60. The van der Waals surface area contributed by atoms with Gasteiger partial charge in [0.1, 0.15) is 23.4 Å². The molecule has 0 saturated carbocycles. The normalized spacial score (nSPS) is 16.4. The highest BCUT2D eigenvalue weighted by Crippen LogP contribution is 2.31. The fourth-order valence-corrected chi connectivity index (χ4v) is 4.05. The molecule has 4 rings (SSSR count). The zero-order chi connectivity index (χ0) is 22.2. The number of hydrogen-bond acceptors (Lipinski definition) is 7. The maximum Gasteiger partial charge on any atom is 0.140 e. The van der Waals surface area contributed by atoms with Crippen LogP contribution in [0.5, 0.6) is 0 Å². The van der Waals surface area contributed by atoms with Crippen molar-refractivity contribution >= 4 is 11.5 Å². The van der Waals surface area contributed by atoms with Gasteiger partial charge < -0.3 is 10.1 Å². The van der Waals surface area contributed by atoms with Crippen LogP contribution in [0.25, 0.3) is 0 Å². The lowest BCUT2D eigenvalue weighted by Crippen LogP contribution is -2.36. The number of piperidine rings is 1. The first-order valence-electron chi connectivity index (χ1n) is 11.1. The van der Waals surface area contributed by atoms with Crippen molar-refractivity contribution in [2.45, 2.75) is 38.8 Å². The lowest BCUT2D eigenvalue weighted by atomic mass is 9.99. The summed E-state index contributed by atoms with van der Waals surface area (Å²) in [5.41, 5.74) is 3.41. The summed E-state index contributed by atoms with van der Waals surface area (Å²) in [6, 6.07) is 18.1. The van der Waals surface area contributed by atoms with E-state index in [0.29, 0.717) is 18.9 Å². The number of aryl methyl sites for hydroxylation is 1. The topological polar surface area (TPSA) is 87.0 Å². The Morgan fingerprint density at radius 3 is 2.81 bits per heavy atom. The standard InChI is InChI=1S/C25H28N6O/c1-19-28-23(15-25(29-19)30-22-11-10-21(16-26)27-17-22)24-9-5-6-12-31(24)13-14-32-18-20-7-3-2-4-8-20/h2-4,7-8,10-11,15,17,24H,5-6,9,12-14,18H2,1H3,(H,28,29,30). The zero-order valence-corrected chi connectivity index (χ0v) is 18.4. The molecule has 1 aliphatic heterocycles. The molecule has 1 aromatic carbocycles. The number of nitriles is 1. The first-order chi connectivity index (χ1) is 15.7. The Morgan fingerprint density at radius 2 is 2.03 bits per heavy atom. The van der Waals surface area contributed by atoms with Gasteiger partial charge in [0.2, 0.25) is 0 Å². The van der Waals surface area contributed by atoms with Gasteiger partial charge >= 0.3 is 0 Å². The van der Waals surface area contributed by atoms with Crippen LogP contribution in [-0.4, -0.2) is 39.5 Å². The van der Waals surface area contributed by atoms with Crippen LogP contribution in [0.2, 0.25) is 0 Å². The Bertz CT molecular complexity index is 1050. The summed E-state index contributed by atoms with van der Waals surface area (Å²) < 4.78 is 5.94. The summed E-state index contributed by atoms with van der Waals surface area (Å²) in [7, 11) is 0. The number of ether oxygens (including phenoxy) is 1. The van der Waals surface area contributed by atoms with Gasteiger partial charge in [-0.05, 0) is 44.0 Å². The molecular weight excluding hydrogens is 400 g/mol. The van der Waals surface area contributed by atoms with Gasteiger partial charge in [0.25, 0.3) is 0 Å². The fourth-order valence-electron chi connectivity index (χ4n) is 4.05. The van der Waals surface area contributed by atoms with Gasteiger partial charge in [-0.1, -0.05) is 36.8 Å². The number of anilines is 2. The van der Waals surface area contributed by atoms with Gasteiger partial charge in [-0.25, -0.2) is 15.0 Å². The molecule has 1 atom stereocenters. The summed E-state index contributed by atoms with van der Waals surface area (Å²) in [5.74, 6) is 1.47. The maximum atomic E-state index is 8.93. The Hall–Kier alpha value is -3.34. The zero-order valence-electron chi connectivity index (χ0n) is 18.4. The molecule has 2 aromatic heterocycles. The lowest BCUT2D eigenvalue weighted by molar-refractivity contribution is 0.0627. The second kappa shape index (κ2) is 10.8. The van der Waals surface area contributed by atoms with Crippen LogP contribution in [0.3, 0.4) is 0 Å². The highest BCUT2D eigenvalue weighted by atomic mass is 16.5. The van der Waals surface area contributed by atoms with Gasteiger partial charge in [0, 0.05) is 12.6 Å². The molecule has 1 saturated heterocycles. The van der Waals surface area contributed by atoms with Gasteiger partial charge in [0.05, 0.1) is 36.8 Å². The Morgan fingerprint density at radius 1 is 1.16 bits per heavy atom. The van der Waals surface area contributed by atoms with Crippen molar-refractivity contribution < 1.29 is 4.74 Å². The third kappa shape index (κ3) is 5.88. The van der Waals surface area contributed by atoms with Crippen LogP contribution in [0.15, 0.2) is 54.7 Å². The molecule has 0 spiro atoms. The average Bonchev–Trinajstić information content (AvgIpc) is 2.83. The summed E-state index contributed by atoms with van der Waals surface area (Å²) in [6.07, 6.45) is 5.11. The van der Waals surface area contributed by atoms with Crippen LogP contribution in [0.4, 0.5) is 11.5 Å². The van der Waals surface area contributed by atoms with E-state index < -0.39 is 0 Å². The van der Waals surface area contributed by atoms with Crippen LogP contribution in [0, 0.1) is 18.3 Å². The number of hydrogen-bond donors (Lipinski definition) is 1. The lowest BCUT2D eigenvalue weighted by Gasteiger charge is -2.35. The molecule has 7 nitrogen and oxygen atoms in total. The molecule has 32 heavy (non-hydrogen) atoms. The van der Waals surface area contributed by atoms with Crippen molar-refractivity contribution in [3.63, 3.8) is 0 Å². The molecule has 1 N–H and O–H groups in total. The highest BCUT2D eigenvalue weighted by Gasteiger charge is 2.25. The Balaban J connectivity index is 1.41. The number of nitrogens with zero attached hydrogens (tertiary/aromatic N) is 5. The third-order valence-corrected chi connectivity index (χ3v) is 5.60. The van der Waals surface area contributed by atoms with E-state index in [9.17, 15) is 0 Å². The SMILES string of the molecule is Cc1nc(Nc2ccc(C#N)nc2)cc(C2CCCCN2CCOCc2ccccc2)n1. The van der Waals surface area contributed by atoms with Crippen molar-refractivity contribution in [2.24, 2.45) is 0 Å². The maximum absolute atomic E-state index is 8.93. The number of nitrogens with one attached hydrogen (secondary N) is 1. The van der Waals surface area contributed by atoms with Gasteiger partial charge in [0.15, 0.2) is 0 Å². The van der Waals surface area contributed by atoms with E-state index in [1.54, 1.807) is 12.3 Å². The van der Waals surface area contributed by atoms with Gasteiger partial charge in [-0.3, -0.25) is 4.90 Å². The largest absolute Gasteiger partial charge is 0.375 e. The van der Waals surface area contributed by atoms with Crippen LogP contribution >= 0.6 is 0 Å².